The van der Waals surface area contributed by atoms with Gasteiger partial charge in [0.25, 0.3) is 0 Å². The SMILES string of the molecule is CC(C)N[C@@H](C)COC(=O)Cc1ccccc1. The Morgan fingerprint density at radius 3 is 2.47 bits per heavy atom. The highest BCUT2D eigenvalue weighted by molar-refractivity contribution is 5.72. The van der Waals surface area contributed by atoms with Crippen LogP contribution in [0.3, 0.4) is 0 Å². The van der Waals surface area contributed by atoms with Gasteiger partial charge in [0.2, 0.25) is 0 Å². The molecule has 0 saturated carbocycles. The fourth-order valence-corrected chi connectivity index (χ4v) is 1.65. The van der Waals surface area contributed by atoms with E-state index in [-0.39, 0.29) is 12.0 Å². The number of hydrogen-bond donors (Lipinski definition) is 1. The molecule has 0 saturated heterocycles. The molecule has 0 bridgehead atoms. The van der Waals surface area contributed by atoms with Gasteiger partial charge < -0.3 is 10.1 Å². The van der Waals surface area contributed by atoms with Crippen LogP contribution in [0.1, 0.15) is 26.3 Å². The molecule has 0 heterocycles. The third-order valence-electron chi connectivity index (χ3n) is 2.30. The molecule has 3 heteroatoms. The zero-order chi connectivity index (χ0) is 12.7. The van der Waals surface area contributed by atoms with Crippen LogP contribution in [-0.4, -0.2) is 24.7 Å². The largest absolute Gasteiger partial charge is 0.464 e. The van der Waals surface area contributed by atoms with Gasteiger partial charge in [0.05, 0.1) is 6.42 Å². The molecular formula is C14H21NO2. The summed E-state index contributed by atoms with van der Waals surface area (Å²) >= 11 is 0. The standard InChI is InChI=1S/C14H21NO2/c1-11(2)15-12(3)10-17-14(16)9-13-7-5-4-6-8-13/h4-8,11-12,15H,9-10H2,1-3H3/t12-/m0/s1. The van der Waals surface area contributed by atoms with E-state index in [2.05, 4.69) is 19.2 Å². The summed E-state index contributed by atoms with van der Waals surface area (Å²) in [6.45, 7) is 6.57. The molecule has 17 heavy (non-hydrogen) atoms. The van der Waals surface area contributed by atoms with Crippen LogP contribution in [-0.2, 0) is 16.0 Å². The second-order valence-corrected chi connectivity index (χ2v) is 4.57. The van der Waals surface area contributed by atoms with Crippen molar-refractivity contribution in [3.8, 4) is 0 Å². The summed E-state index contributed by atoms with van der Waals surface area (Å²) in [5.41, 5.74) is 0.988. The first kappa shape index (κ1) is 13.7. The first-order valence-corrected chi connectivity index (χ1v) is 6.03. The van der Waals surface area contributed by atoms with E-state index in [1.165, 1.54) is 0 Å². The lowest BCUT2D eigenvalue weighted by molar-refractivity contribution is -0.143. The molecule has 94 valence electrons. The van der Waals surface area contributed by atoms with Crippen molar-refractivity contribution in [2.45, 2.75) is 39.3 Å². The van der Waals surface area contributed by atoms with Gasteiger partial charge in [-0.05, 0) is 12.5 Å². The van der Waals surface area contributed by atoms with Crippen LogP contribution in [0.25, 0.3) is 0 Å². The predicted molar refractivity (Wildman–Crippen MR) is 68.8 cm³/mol. The lowest BCUT2D eigenvalue weighted by atomic mass is 10.2. The van der Waals surface area contributed by atoms with Gasteiger partial charge in [-0.15, -0.1) is 0 Å². The summed E-state index contributed by atoms with van der Waals surface area (Å²) < 4.78 is 5.21. The van der Waals surface area contributed by atoms with Gasteiger partial charge in [0.15, 0.2) is 0 Å². The molecule has 1 aromatic rings. The number of nitrogens with one attached hydrogen (secondary N) is 1. The lowest BCUT2D eigenvalue weighted by Gasteiger charge is -2.16. The minimum atomic E-state index is -0.173. The summed E-state index contributed by atoms with van der Waals surface area (Å²) in [6, 6.07) is 10.2. The highest BCUT2D eigenvalue weighted by Gasteiger charge is 2.08. The van der Waals surface area contributed by atoms with Gasteiger partial charge in [-0.2, -0.15) is 0 Å². The molecule has 0 aliphatic rings. The predicted octanol–water partition coefficient (Wildman–Crippen LogP) is 2.16. The Labute approximate surface area is 103 Å². The number of carbonyl (C=O) groups excluding carboxylic acids is 1. The van der Waals surface area contributed by atoms with Crippen LogP contribution in [0.4, 0.5) is 0 Å². The number of rotatable bonds is 6. The van der Waals surface area contributed by atoms with Crippen molar-refractivity contribution in [2.24, 2.45) is 0 Å². The average molecular weight is 235 g/mol. The normalized spacial score (nSPS) is 12.5. The van der Waals surface area contributed by atoms with Gasteiger partial charge in [-0.3, -0.25) is 4.79 Å². The molecule has 1 aromatic carbocycles. The van der Waals surface area contributed by atoms with E-state index in [1.807, 2.05) is 37.3 Å². The van der Waals surface area contributed by atoms with Crippen molar-refractivity contribution in [3.63, 3.8) is 0 Å². The lowest BCUT2D eigenvalue weighted by Crippen LogP contribution is -2.36. The molecule has 0 aromatic heterocycles. The number of esters is 1. The van der Waals surface area contributed by atoms with Crippen molar-refractivity contribution in [1.29, 1.82) is 0 Å². The maximum Gasteiger partial charge on any atom is 0.310 e. The maximum atomic E-state index is 11.6. The first-order chi connectivity index (χ1) is 8.08. The van der Waals surface area contributed by atoms with Crippen molar-refractivity contribution in [1.82, 2.24) is 5.32 Å². The molecule has 0 aliphatic heterocycles. The van der Waals surface area contributed by atoms with E-state index >= 15 is 0 Å². The van der Waals surface area contributed by atoms with Crippen LogP contribution < -0.4 is 5.32 Å². The van der Waals surface area contributed by atoms with E-state index in [0.29, 0.717) is 19.1 Å². The van der Waals surface area contributed by atoms with Crippen molar-refractivity contribution >= 4 is 5.97 Å². The highest BCUT2D eigenvalue weighted by atomic mass is 16.5. The molecule has 0 aliphatic carbocycles. The van der Waals surface area contributed by atoms with Gasteiger partial charge in [-0.25, -0.2) is 0 Å². The Bertz CT molecular complexity index is 335. The average Bonchev–Trinajstić information content (AvgIpc) is 2.27. The summed E-state index contributed by atoms with van der Waals surface area (Å²) in [7, 11) is 0. The molecule has 0 spiro atoms. The van der Waals surface area contributed by atoms with E-state index in [1.54, 1.807) is 0 Å². The minimum Gasteiger partial charge on any atom is -0.464 e. The number of carbonyl (C=O) groups is 1. The second-order valence-electron chi connectivity index (χ2n) is 4.57. The zero-order valence-electron chi connectivity index (χ0n) is 10.8. The molecule has 1 rings (SSSR count). The molecule has 0 unspecified atom stereocenters. The van der Waals surface area contributed by atoms with Crippen LogP contribution in [0.2, 0.25) is 0 Å². The topological polar surface area (TPSA) is 38.3 Å². The van der Waals surface area contributed by atoms with Crippen molar-refractivity contribution in [3.05, 3.63) is 35.9 Å². The number of hydrogen-bond acceptors (Lipinski definition) is 3. The van der Waals surface area contributed by atoms with E-state index < -0.39 is 0 Å². The van der Waals surface area contributed by atoms with Gasteiger partial charge in [0.1, 0.15) is 6.61 Å². The summed E-state index contributed by atoms with van der Waals surface area (Å²) in [6.07, 6.45) is 0.342. The van der Waals surface area contributed by atoms with E-state index in [9.17, 15) is 4.79 Å². The molecule has 0 amide bonds. The van der Waals surface area contributed by atoms with E-state index in [0.717, 1.165) is 5.56 Å². The van der Waals surface area contributed by atoms with Crippen LogP contribution in [0.5, 0.6) is 0 Å². The smallest absolute Gasteiger partial charge is 0.310 e. The Hall–Kier alpha value is -1.35. The molecule has 1 atom stereocenters. The van der Waals surface area contributed by atoms with Crippen molar-refractivity contribution in [2.75, 3.05) is 6.61 Å². The molecule has 1 N–H and O–H groups in total. The molecule has 0 radical (unpaired) electrons. The second kappa shape index (κ2) is 7.07. The number of benzene rings is 1. The Kier molecular flexibility index (Phi) is 5.70. The maximum absolute atomic E-state index is 11.6. The monoisotopic (exact) mass is 235 g/mol. The van der Waals surface area contributed by atoms with Crippen LogP contribution >= 0.6 is 0 Å². The fraction of sp³-hybridized carbons (Fsp3) is 0.500. The van der Waals surface area contributed by atoms with Gasteiger partial charge >= 0.3 is 5.97 Å². The quantitative estimate of drug-likeness (QED) is 0.768. The summed E-state index contributed by atoms with van der Waals surface area (Å²) in [4.78, 5) is 11.6. The molecule has 0 fully saturated rings. The molecule has 3 nitrogen and oxygen atoms in total. The van der Waals surface area contributed by atoms with E-state index in [4.69, 9.17) is 4.74 Å². The van der Waals surface area contributed by atoms with Crippen LogP contribution in [0.15, 0.2) is 30.3 Å². The van der Waals surface area contributed by atoms with Crippen LogP contribution in [0, 0.1) is 0 Å². The van der Waals surface area contributed by atoms with Gasteiger partial charge in [0, 0.05) is 12.1 Å². The zero-order valence-corrected chi connectivity index (χ0v) is 10.8. The minimum absolute atomic E-state index is 0.173. The fourth-order valence-electron chi connectivity index (χ4n) is 1.65. The Morgan fingerprint density at radius 2 is 1.88 bits per heavy atom. The molecular weight excluding hydrogens is 214 g/mol. The van der Waals surface area contributed by atoms with Crippen molar-refractivity contribution < 1.29 is 9.53 Å². The highest BCUT2D eigenvalue weighted by Crippen LogP contribution is 2.01. The third-order valence-corrected chi connectivity index (χ3v) is 2.30. The van der Waals surface area contributed by atoms with Gasteiger partial charge in [-0.1, -0.05) is 44.2 Å². The Balaban J connectivity index is 2.26. The first-order valence-electron chi connectivity index (χ1n) is 6.03. The third kappa shape index (κ3) is 6.07. The number of ether oxygens (including phenoxy) is 1. The summed E-state index contributed by atoms with van der Waals surface area (Å²) in [5.74, 6) is -0.173. The Morgan fingerprint density at radius 1 is 1.24 bits per heavy atom. The summed E-state index contributed by atoms with van der Waals surface area (Å²) in [5, 5.41) is 3.28.